The molecule has 0 bridgehead atoms. The Hall–Kier alpha value is -3.70. The van der Waals surface area contributed by atoms with E-state index in [-0.39, 0.29) is 12.1 Å². The van der Waals surface area contributed by atoms with Crippen LogP contribution in [-0.4, -0.2) is 12.7 Å². The quantitative estimate of drug-likeness (QED) is 0.149. The molecule has 0 unspecified atom stereocenters. The lowest BCUT2D eigenvalue weighted by Crippen LogP contribution is -2.24. The highest BCUT2D eigenvalue weighted by molar-refractivity contribution is 6.10. The molecule has 4 aromatic carbocycles. The maximum absolute atomic E-state index is 15.3. The zero-order valence-electron chi connectivity index (χ0n) is 19.3. The molecule has 0 N–H and O–H groups in total. The molecule has 4 aromatic rings. The number of halogens is 10. The van der Waals surface area contributed by atoms with Crippen LogP contribution in [0.5, 0.6) is 11.5 Å². The molecule has 0 amide bonds. The number of methoxy groups -OCH3 is 1. The van der Waals surface area contributed by atoms with Crippen LogP contribution in [0.4, 0.5) is 43.9 Å². The first-order valence-electron chi connectivity index (χ1n) is 10.3. The van der Waals surface area contributed by atoms with Crippen molar-refractivity contribution in [3.63, 3.8) is 0 Å². The van der Waals surface area contributed by atoms with Crippen molar-refractivity contribution in [2.45, 2.75) is 26.4 Å². The van der Waals surface area contributed by atoms with Gasteiger partial charge in [-0.15, -0.1) is 0 Å². The Morgan fingerprint density at radius 3 is 1.24 bits per heavy atom. The predicted octanol–water partition coefficient (Wildman–Crippen LogP) is 8.24. The van der Waals surface area contributed by atoms with Crippen LogP contribution >= 0.6 is 0 Å². The number of hydrogen-bond donors (Lipinski definition) is 0. The summed E-state index contributed by atoms with van der Waals surface area (Å²) in [7, 11) is 0.783. The number of ether oxygens (including phenoxy) is 2. The summed E-state index contributed by atoms with van der Waals surface area (Å²) in [6.45, 7) is 4.04. The zero-order chi connectivity index (χ0) is 27.7. The summed E-state index contributed by atoms with van der Waals surface area (Å²) in [4.78, 5) is 0. The summed E-state index contributed by atoms with van der Waals surface area (Å²) in [5.41, 5.74) is -3.72. The SMILES string of the molecule is COc1c(F)cc2c(F)c(F)c(F)c(F)c2c1-c1c(OC(C)(C)C)c(F)cc2c(F)c(F)c(F)c(F)c12. The van der Waals surface area contributed by atoms with Gasteiger partial charge in [-0.2, -0.15) is 0 Å². The molecule has 2 nitrogen and oxygen atoms in total. The van der Waals surface area contributed by atoms with Gasteiger partial charge in [-0.05, 0) is 32.9 Å². The van der Waals surface area contributed by atoms with E-state index in [1.54, 1.807) is 0 Å². The third-order valence-electron chi connectivity index (χ3n) is 5.40. The fraction of sp³-hybridized carbons (Fsp3) is 0.200. The Kier molecular flexibility index (Phi) is 6.20. The fourth-order valence-corrected chi connectivity index (χ4v) is 3.99. The predicted molar refractivity (Wildman–Crippen MR) is 113 cm³/mol. The van der Waals surface area contributed by atoms with E-state index in [0.717, 1.165) is 7.11 Å². The average Bonchev–Trinajstić information content (AvgIpc) is 2.82. The molecule has 12 heteroatoms. The molecule has 0 aliphatic carbocycles. The Morgan fingerprint density at radius 1 is 0.514 bits per heavy atom. The highest BCUT2D eigenvalue weighted by Gasteiger charge is 2.34. The molecular formula is C25H14F10O2. The normalized spacial score (nSPS) is 12.1. The number of benzene rings is 4. The smallest absolute Gasteiger partial charge is 0.198 e. The van der Waals surface area contributed by atoms with Crippen molar-refractivity contribution in [3.05, 3.63) is 70.3 Å². The van der Waals surface area contributed by atoms with Gasteiger partial charge in [-0.25, -0.2) is 43.9 Å². The molecule has 0 aliphatic rings. The molecule has 0 spiro atoms. The summed E-state index contributed by atoms with van der Waals surface area (Å²) in [5.74, 6) is -23.2. The van der Waals surface area contributed by atoms with Crippen LogP contribution in [0.15, 0.2) is 12.1 Å². The third kappa shape index (κ3) is 3.89. The lowest BCUT2D eigenvalue weighted by molar-refractivity contribution is 0.125. The summed E-state index contributed by atoms with van der Waals surface area (Å²) in [5, 5.41) is -5.09. The topological polar surface area (TPSA) is 18.5 Å². The van der Waals surface area contributed by atoms with Crippen molar-refractivity contribution in [2.75, 3.05) is 7.11 Å². The van der Waals surface area contributed by atoms with Crippen LogP contribution in [0.2, 0.25) is 0 Å². The van der Waals surface area contributed by atoms with Gasteiger partial charge in [0, 0.05) is 32.7 Å². The molecular weight excluding hydrogens is 522 g/mol. The highest BCUT2D eigenvalue weighted by atomic mass is 19.2. The molecule has 0 aromatic heterocycles. The number of rotatable bonds is 3. The van der Waals surface area contributed by atoms with Crippen LogP contribution in [0.25, 0.3) is 32.7 Å². The second kappa shape index (κ2) is 8.70. The lowest BCUT2D eigenvalue weighted by atomic mass is 9.90. The van der Waals surface area contributed by atoms with Crippen LogP contribution < -0.4 is 9.47 Å². The van der Waals surface area contributed by atoms with Crippen molar-refractivity contribution in [3.8, 4) is 22.6 Å². The molecule has 0 aliphatic heterocycles. The second-order valence-electron chi connectivity index (χ2n) is 8.90. The van der Waals surface area contributed by atoms with Crippen LogP contribution in [0.3, 0.4) is 0 Å². The second-order valence-corrected chi connectivity index (χ2v) is 8.90. The summed E-state index contributed by atoms with van der Waals surface area (Å²) < 4.78 is 157. The summed E-state index contributed by atoms with van der Waals surface area (Å²) >= 11 is 0. The van der Waals surface area contributed by atoms with Crippen molar-refractivity contribution >= 4 is 21.5 Å². The van der Waals surface area contributed by atoms with Gasteiger partial charge in [-0.3, -0.25) is 0 Å². The maximum atomic E-state index is 15.3. The van der Waals surface area contributed by atoms with Crippen molar-refractivity contribution in [1.82, 2.24) is 0 Å². The van der Waals surface area contributed by atoms with Gasteiger partial charge in [0.25, 0.3) is 0 Å². The minimum atomic E-state index is -2.39. The Morgan fingerprint density at radius 2 is 0.865 bits per heavy atom. The monoisotopic (exact) mass is 536 g/mol. The van der Waals surface area contributed by atoms with E-state index in [2.05, 4.69) is 0 Å². The fourth-order valence-electron chi connectivity index (χ4n) is 3.99. The van der Waals surface area contributed by atoms with Gasteiger partial charge in [0.1, 0.15) is 5.60 Å². The van der Waals surface area contributed by atoms with Gasteiger partial charge in [0.05, 0.1) is 7.11 Å². The largest absolute Gasteiger partial charge is 0.493 e. The molecule has 0 saturated carbocycles. The first-order chi connectivity index (χ1) is 17.1. The third-order valence-corrected chi connectivity index (χ3v) is 5.40. The van der Waals surface area contributed by atoms with E-state index in [0.29, 0.717) is 0 Å². The van der Waals surface area contributed by atoms with Gasteiger partial charge < -0.3 is 9.47 Å². The standard InChI is InChI=1S/C25H14F10O2/c1-25(2,3)37-24-10(27)6-8-12(18(31)22(35)20(33)16(8)29)14(24)13-11-7(5-9(26)23(13)36-4)15(28)19(32)21(34)17(11)30/h5-6H,1-4H3. The average molecular weight is 536 g/mol. The first kappa shape index (κ1) is 26.4. The Bertz CT molecular complexity index is 1620. The molecule has 37 heavy (non-hydrogen) atoms. The lowest BCUT2D eigenvalue weighted by Gasteiger charge is -2.26. The van der Waals surface area contributed by atoms with E-state index in [9.17, 15) is 26.3 Å². The molecule has 196 valence electrons. The maximum Gasteiger partial charge on any atom is 0.198 e. The van der Waals surface area contributed by atoms with Gasteiger partial charge >= 0.3 is 0 Å². The highest BCUT2D eigenvalue weighted by Crippen LogP contribution is 2.51. The van der Waals surface area contributed by atoms with E-state index in [1.165, 1.54) is 20.8 Å². The molecule has 0 saturated heterocycles. The van der Waals surface area contributed by atoms with Crippen LogP contribution in [0.1, 0.15) is 20.8 Å². The van der Waals surface area contributed by atoms with Crippen molar-refractivity contribution in [2.24, 2.45) is 0 Å². The van der Waals surface area contributed by atoms with Gasteiger partial charge in [-0.1, -0.05) is 0 Å². The minimum absolute atomic E-state index is 0.224. The summed E-state index contributed by atoms with van der Waals surface area (Å²) in [6, 6.07) is 0.466. The van der Waals surface area contributed by atoms with Crippen molar-refractivity contribution < 1.29 is 53.4 Å². The van der Waals surface area contributed by atoms with E-state index < -0.39 is 108 Å². The van der Waals surface area contributed by atoms with E-state index in [1.807, 2.05) is 0 Å². The molecule has 0 radical (unpaired) electrons. The molecule has 0 atom stereocenters. The zero-order valence-corrected chi connectivity index (χ0v) is 19.3. The van der Waals surface area contributed by atoms with E-state index in [4.69, 9.17) is 9.47 Å². The summed E-state index contributed by atoms with van der Waals surface area (Å²) in [6.07, 6.45) is 0. The minimum Gasteiger partial charge on any atom is -0.493 e. The van der Waals surface area contributed by atoms with Gasteiger partial charge in [0.15, 0.2) is 69.7 Å². The van der Waals surface area contributed by atoms with Crippen LogP contribution in [-0.2, 0) is 0 Å². The Labute approximate surface area is 202 Å². The van der Waals surface area contributed by atoms with Crippen LogP contribution in [0, 0.1) is 58.2 Å². The molecule has 0 heterocycles. The Balaban J connectivity index is 2.45. The van der Waals surface area contributed by atoms with E-state index >= 15 is 17.6 Å². The number of hydrogen-bond acceptors (Lipinski definition) is 2. The number of fused-ring (bicyclic) bond motifs is 2. The van der Waals surface area contributed by atoms with Crippen molar-refractivity contribution in [1.29, 1.82) is 0 Å². The first-order valence-corrected chi connectivity index (χ1v) is 10.3. The molecule has 0 fully saturated rings. The van der Waals surface area contributed by atoms with Gasteiger partial charge in [0.2, 0.25) is 0 Å². The molecule has 4 rings (SSSR count).